The first-order chi connectivity index (χ1) is 7.65. The van der Waals surface area contributed by atoms with Crippen LogP contribution in [0.15, 0.2) is 34.9 Å². The zero-order chi connectivity index (χ0) is 11.5. The zero-order valence-electron chi connectivity index (χ0n) is 9.49. The van der Waals surface area contributed by atoms with Crippen molar-refractivity contribution in [2.45, 2.75) is 26.3 Å². The lowest BCUT2D eigenvalue weighted by atomic mass is 10.1. The van der Waals surface area contributed by atoms with Crippen LogP contribution in [0.25, 0.3) is 11.0 Å². The Morgan fingerprint density at radius 1 is 1.44 bits per heavy atom. The Morgan fingerprint density at radius 2 is 2.25 bits per heavy atom. The predicted molar refractivity (Wildman–Crippen MR) is 63.2 cm³/mol. The van der Waals surface area contributed by atoms with Crippen LogP contribution in [0.4, 0.5) is 0 Å². The standard InChI is InChI=1S/C13H15NO2/c1-9(14-10(2)15)7-11-3-4-12-5-6-16-13(12)8-11/h3-6,8-9H,7H2,1-2H3,(H,14,15). The molecule has 3 nitrogen and oxygen atoms in total. The SMILES string of the molecule is CC(=O)NC(C)Cc1ccc2ccoc2c1. The third kappa shape index (κ3) is 2.42. The summed E-state index contributed by atoms with van der Waals surface area (Å²) >= 11 is 0. The fourth-order valence-electron chi connectivity index (χ4n) is 1.88. The lowest BCUT2D eigenvalue weighted by Crippen LogP contribution is -2.31. The first-order valence-corrected chi connectivity index (χ1v) is 5.38. The normalized spacial score (nSPS) is 12.6. The lowest BCUT2D eigenvalue weighted by molar-refractivity contribution is -0.119. The molecule has 0 saturated heterocycles. The highest BCUT2D eigenvalue weighted by Crippen LogP contribution is 2.17. The second-order valence-corrected chi connectivity index (χ2v) is 4.10. The van der Waals surface area contributed by atoms with Crippen LogP contribution in [0.5, 0.6) is 0 Å². The Balaban J connectivity index is 2.11. The quantitative estimate of drug-likeness (QED) is 0.858. The van der Waals surface area contributed by atoms with E-state index in [-0.39, 0.29) is 11.9 Å². The molecule has 0 fully saturated rings. The number of rotatable bonds is 3. The fraction of sp³-hybridized carbons (Fsp3) is 0.308. The summed E-state index contributed by atoms with van der Waals surface area (Å²) in [5.74, 6) is 0.00609. The van der Waals surface area contributed by atoms with Crippen LogP contribution >= 0.6 is 0 Å². The molecule has 0 aliphatic heterocycles. The number of benzene rings is 1. The number of hydrogen-bond donors (Lipinski definition) is 1. The Kier molecular flexibility index (Phi) is 2.95. The van der Waals surface area contributed by atoms with Crippen molar-refractivity contribution in [3.8, 4) is 0 Å². The summed E-state index contributed by atoms with van der Waals surface area (Å²) in [7, 11) is 0. The second-order valence-electron chi connectivity index (χ2n) is 4.10. The van der Waals surface area contributed by atoms with Gasteiger partial charge in [-0.15, -0.1) is 0 Å². The maximum absolute atomic E-state index is 10.9. The number of hydrogen-bond acceptors (Lipinski definition) is 2. The van der Waals surface area contributed by atoms with Crippen LogP contribution in [0.2, 0.25) is 0 Å². The number of carbonyl (C=O) groups excluding carboxylic acids is 1. The molecule has 16 heavy (non-hydrogen) atoms. The zero-order valence-corrected chi connectivity index (χ0v) is 9.49. The van der Waals surface area contributed by atoms with Gasteiger partial charge in [0.1, 0.15) is 5.58 Å². The second kappa shape index (κ2) is 4.39. The van der Waals surface area contributed by atoms with E-state index in [2.05, 4.69) is 11.4 Å². The minimum absolute atomic E-state index is 0.00609. The highest BCUT2D eigenvalue weighted by molar-refractivity contribution is 5.77. The first-order valence-electron chi connectivity index (χ1n) is 5.38. The first kappa shape index (κ1) is 10.7. The summed E-state index contributed by atoms with van der Waals surface area (Å²) in [6, 6.07) is 8.21. The molecule has 1 unspecified atom stereocenters. The van der Waals surface area contributed by atoms with E-state index in [4.69, 9.17) is 4.42 Å². The molecule has 1 amide bonds. The van der Waals surface area contributed by atoms with Crippen LogP contribution in [0.1, 0.15) is 19.4 Å². The molecule has 0 aliphatic rings. The highest BCUT2D eigenvalue weighted by atomic mass is 16.3. The predicted octanol–water partition coefficient (Wildman–Crippen LogP) is 2.50. The summed E-state index contributed by atoms with van der Waals surface area (Å²) in [5.41, 5.74) is 2.07. The summed E-state index contributed by atoms with van der Waals surface area (Å²) in [4.78, 5) is 10.9. The monoisotopic (exact) mass is 217 g/mol. The van der Waals surface area contributed by atoms with Crippen molar-refractivity contribution in [2.75, 3.05) is 0 Å². The fourth-order valence-corrected chi connectivity index (χ4v) is 1.88. The van der Waals surface area contributed by atoms with Crippen molar-refractivity contribution in [1.29, 1.82) is 0 Å². The van der Waals surface area contributed by atoms with E-state index in [1.54, 1.807) is 6.26 Å². The molecule has 84 valence electrons. The molecule has 1 N–H and O–H groups in total. The third-order valence-corrected chi connectivity index (χ3v) is 2.51. The number of carbonyl (C=O) groups is 1. The van der Waals surface area contributed by atoms with Crippen molar-refractivity contribution in [2.24, 2.45) is 0 Å². The summed E-state index contributed by atoms with van der Waals surface area (Å²) in [6.07, 6.45) is 2.50. The summed E-state index contributed by atoms with van der Waals surface area (Å²) in [5, 5.41) is 3.97. The molecule has 1 heterocycles. The van der Waals surface area contributed by atoms with E-state index in [1.165, 1.54) is 12.5 Å². The van der Waals surface area contributed by atoms with Gasteiger partial charge in [0, 0.05) is 18.4 Å². The average molecular weight is 217 g/mol. The van der Waals surface area contributed by atoms with Gasteiger partial charge in [-0.05, 0) is 31.0 Å². The smallest absolute Gasteiger partial charge is 0.217 e. The molecular formula is C13H15NO2. The van der Waals surface area contributed by atoms with E-state index in [9.17, 15) is 4.79 Å². The van der Waals surface area contributed by atoms with Gasteiger partial charge in [-0.25, -0.2) is 0 Å². The van der Waals surface area contributed by atoms with E-state index in [0.29, 0.717) is 0 Å². The topological polar surface area (TPSA) is 42.2 Å². The molecule has 0 bridgehead atoms. The number of nitrogens with one attached hydrogen (secondary N) is 1. The molecule has 0 aliphatic carbocycles. The van der Waals surface area contributed by atoms with Crippen LogP contribution in [0.3, 0.4) is 0 Å². The maximum atomic E-state index is 10.9. The summed E-state index contributed by atoms with van der Waals surface area (Å²) < 4.78 is 5.33. The average Bonchev–Trinajstić information content (AvgIpc) is 2.63. The van der Waals surface area contributed by atoms with Crippen molar-refractivity contribution in [3.05, 3.63) is 36.1 Å². The van der Waals surface area contributed by atoms with Crippen molar-refractivity contribution >= 4 is 16.9 Å². The summed E-state index contributed by atoms with van der Waals surface area (Å²) in [6.45, 7) is 3.53. The molecular weight excluding hydrogens is 202 g/mol. The molecule has 0 spiro atoms. The largest absolute Gasteiger partial charge is 0.464 e. The highest BCUT2D eigenvalue weighted by Gasteiger charge is 2.06. The molecule has 2 rings (SSSR count). The van der Waals surface area contributed by atoms with Crippen molar-refractivity contribution in [1.82, 2.24) is 5.32 Å². The van der Waals surface area contributed by atoms with Gasteiger partial charge in [0.25, 0.3) is 0 Å². The van der Waals surface area contributed by atoms with Gasteiger partial charge in [-0.2, -0.15) is 0 Å². The van der Waals surface area contributed by atoms with Gasteiger partial charge >= 0.3 is 0 Å². The maximum Gasteiger partial charge on any atom is 0.217 e. The van der Waals surface area contributed by atoms with Gasteiger partial charge in [0.2, 0.25) is 5.91 Å². The molecule has 1 aromatic heterocycles. The van der Waals surface area contributed by atoms with E-state index < -0.39 is 0 Å². The van der Waals surface area contributed by atoms with Crippen LogP contribution in [-0.2, 0) is 11.2 Å². The van der Waals surface area contributed by atoms with Gasteiger partial charge in [0.15, 0.2) is 0 Å². The van der Waals surface area contributed by atoms with Crippen molar-refractivity contribution < 1.29 is 9.21 Å². The van der Waals surface area contributed by atoms with E-state index in [1.807, 2.05) is 25.1 Å². The minimum Gasteiger partial charge on any atom is -0.464 e. The molecule has 2 aromatic rings. The molecule has 1 aromatic carbocycles. The van der Waals surface area contributed by atoms with Gasteiger partial charge in [0.05, 0.1) is 6.26 Å². The van der Waals surface area contributed by atoms with Gasteiger partial charge in [-0.3, -0.25) is 4.79 Å². The molecule has 1 atom stereocenters. The Morgan fingerprint density at radius 3 is 3.00 bits per heavy atom. The third-order valence-electron chi connectivity index (χ3n) is 2.51. The van der Waals surface area contributed by atoms with Crippen LogP contribution in [0, 0.1) is 0 Å². The number of fused-ring (bicyclic) bond motifs is 1. The van der Waals surface area contributed by atoms with Gasteiger partial charge in [-0.1, -0.05) is 12.1 Å². The minimum atomic E-state index is 0.00609. The van der Waals surface area contributed by atoms with E-state index in [0.717, 1.165) is 17.4 Å². The van der Waals surface area contributed by atoms with Crippen molar-refractivity contribution in [3.63, 3.8) is 0 Å². The molecule has 3 heteroatoms. The number of furan rings is 1. The Labute approximate surface area is 94.4 Å². The lowest BCUT2D eigenvalue weighted by Gasteiger charge is -2.12. The van der Waals surface area contributed by atoms with Gasteiger partial charge < -0.3 is 9.73 Å². The molecule has 0 saturated carbocycles. The number of amides is 1. The Hall–Kier alpha value is -1.77. The Bertz CT molecular complexity index is 501. The molecule has 0 radical (unpaired) electrons. The van der Waals surface area contributed by atoms with Crippen LogP contribution in [-0.4, -0.2) is 11.9 Å². The van der Waals surface area contributed by atoms with Crippen LogP contribution < -0.4 is 5.32 Å². The van der Waals surface area contributed by atoms with E-state index >= 15 is 0 Å².